The lowest BCUT2D eigenvalue weighted by Gasteiger charge is -2.68. The largest absolute Gasteiger partial charge is 0.459 e. The number of anilines is 1. The number of amides is 1. The Hall–Kier alpha value is -2.43. The van der Waals surface area contributed by atoms with Gasteiger partial charge in [0, 0.05) is 29.4 Å². The highest BCUT2D eigenvalue weighted by Gasteiger charge is 2.69. The fraction of sp³-hybridized carbons (Fsp3) is 0.694. The Balaban J connectivity index is 1.39. The standard InChI is InChI=1S/C36H49NO4/c1-31(2)27-13-16-36(7)29(34(27,5)15-14-28(39)41-31)26(38)21-24-25-22-33(4,30(40)37-23-11-9-8-10-12-23)18-17-32(25,3)19-20-35(24,36)6/h8-12,21,25,27,29H,13-20,22H2,1-7H3,(H,37,40)/t25-,27-,29+,32+,33-,34-,35+,36+/m0/s1. The molecule has 1 amide bonds. The van der Waals surface area contributed by atoms with E-state index in [2.05, 4.69) is 39.9 Å². The van der Waals surface area contributed by atoms with Crippen LogP contribution in [0.3, 0.4) is 0 Å². The van der Waals surface area contributed by atoms with E-state index in [4.69, 9.17) is 4.74 Å². The number of benzene rings is 1. The van der Waals surface area contributed by atoms with E-state index in [0.29, 0.717) is 12.8 Å². The molecule has 222 valence electrons. The third-order valence-electron chi connectivity index (χ3n) is 13.5. The van der Waals surface area contributed by atoms with Gasteiger partial charge in [-0.2, -0.15) is 0 Å². The topological polar surface area (TPSA) is 72.5 Å². The predicted octanol–water partition coefficient (Wildman–Crippen LogP) is 7.90. The lowest BCUT2D eigenvalue weighted by Crippen LogP contribution is -2.65. The van der Waals surface area contributed by atoms with Crippen LogP contribution in [0.4, 0.5) is 5.69 Å². The number of para-hydroxylation sites is 1. The number of allylic oxidation sites excluding steroid dienone is 2. The molecule has 1 N–H and O–H groups in total. The highest BCUT2D eigenvalue weighted by Crippen LogP contribution is 2.74. The molecule has 1 aromatic carbocycles. The van der Waals surface area contributed by atoms with Gasteiger partial charge in [-0.15, -0.1) is 0 Å². The maximum Gasteiger partial charge on any atom is 0.306 e. The van der Waals surface area contributed by atoms with Crippen molar-refractivity contribution in [2.45, 2.75) is 112 Å². The molecule has 0 radical (unpaired) electrons. The molecule has 0 aromatic heterocycles. The minimum absolute atomic E-state index is 0.0863. The molecule has 1 saturated heterocycles. The maximum absolute atomic E-state index is 14.5. The van der Waals surface area contributed by atoms with E-state index in [-0.39, 0.29) is 57.1 Å². The smallest absolute Gasteiger partial charge is 0.306 e. The van der Waals surface area contributed by atoms with E-state index in [0.717, 1.165) is 50.6 Å². The molecule has 5 nitrogen and oxygen atoms in total. The van der Waals surface area contributed by atoms with Gasteiger partial charge in [-0.1, -0.05) is 58.4 Å². The van der Waals surface area contributed by atoms with E-state index in [9.17, 15) is 14.4 Å². The molecule has 1 aliphatic heterocycles. The number of esters is 1. The SMILES string of the molecule is CC1(C)OC(=O)CC[C@]2(C)[C@H]3C(=O)C=C4[C@@H]5C[C@@](C)(C(=O)Nc6ccccc6)CC[C@]5(C)CC[C@@]4(C)[C@]3(C)CC[C@@H]12. The van der Waals surface area contributed by atoms with Gasteiger partial charge in [-0.25, -0.2) is 0 Å². The van der Waals surface area contributed by atoms with E-state index in [1.807, 2.05) is 50.3 Å². The van der Waals surface area contributed by atoms with Gasteiger partial charge in [0.25, 0.3) is 0 Å². The zero-order valence-corrected chi connectivity index (χ0v) is 26.2. The third-order valence-corrected chi connectivity index (χ3v) is 13.5. The summed E-state index contributed by atoms with van der Waals surface area (Å²) < 4.78 is 5.98. The zero-order chi connectivity index (χ0) is 29.6. The van der Waals surface area contributed by atoms with Crippen LogP contribution in [-0.2, 0) is 19.1 Å². The average molecular weight is 560 g/mol. The minimum Gasteiger partial charge on any atom is -0.459 e. The molecule has 0 unspecified atom stereocenters. The highest BCUT2D eigenvalue weighted by molar-refractivity contribution is 5.97. The van der Waals surface area contributed by atoms with E-state index < -0.39 is 11.0 Å². The molecule has 4 aliphatic carbocycles. The first-order valence-electron chi connectivity index (χ1n) is 15.9. The van der Waals surface area contributed by atoms with Crippen LogP contribution in [0, 0.1) is 44.8 Å². The van der Waals surface area contributed by atoms with Crippen molar-refractivity contribution in [3.05, 3.63) is 42.0 Å². The molecule has 41 heavy (non-hydrogen) atoms. The Morgan fingerprint density at radius 2 is 1.56 bits per heavy atom. The maximum atomic E-state index is 14.5. The summed E-state index contributed by atoms with van der Waals surface area (Å²) in [6, 6.07) is 9.75. The van der Waals surface area contributed by atoms with Gasteiger partial charge in [0.1, 0.15) is 5.60 Å². The van der Waals surface area contributed by atoms with Gasteiger partial charge in [-0.05, 0) is 111 Å². The summed E-state index contributed by atoms with van der Waals surface area (Å²) in [6.07, 6.45) is 9.83. The molecule has 1 heterocycles. The van der Waals surface area contributed by atoms with Crippen molar-refractivity contribution in [3.8, 4) is 0 Å². The van der Waals surface area contributed by atoms with E-state index >= 15 is 0 Å². The Morgan fingerprint density at radius 3 is 2.27 bits per heavy atom. The van der Waals surface area contributed by atoms with Crippen LogP contribution in [0.25, 0.3) is 0 Å². The summed E-state index contributed by atoms with van der Waals surface area (Å²) in [5.74, 6) is 0.393. The molecule has 6 rings (SSSR count). The first-order valence-corrected chi connectivity index (χ1v) is 15.9. The number of carbonyl (C=O) groups excluding carboxylic acids is 3. The highest BCUT2D eigenvalue weighted by atomic mass is 16.6. The number of carbonyl (C=O) groups is 3. The van der Waals surface area contributed by atoms with Gasteiger partial charge in [0.15, 0.2) is 5.78 Å². The second-order valence-corrected chi connectivity index (χ2v) is 16.2. The van der Waals surface area contributed by atoms with Crippen LogP contribution in [0.2, 0.25) is 0 Å². The Morgan fingerprint density at radius 1 is 0.878 bits per heavy atom. The summed E-state index contributed by atoms with van der Waals surface area (Å²) in [4.78, 5) is 40.9. The summed E-state index contributed by atoms with van der Waals surface area (Å²) in [5, 5.41) is 3.19. The number of rotatable bonds is 2. The number of hydrogen-bond acceptors (Lipinski definition) is 4. The van der Waals surface area contributed by atoms with Crippen LogP contribution in [-0.4, -0.2) is 23.3 Å². The second kappa shape index (κ2) is 9.04. The predicted molar refractivity (Wildman–Crippen MR) is 161 cm³/mol. The quantitative estimate of drug-likeness (QED) is 0.374. The normalized spacial score (nSPS) is 45.0. The molecule has 5 aliphatic rings. The molecular weight excluding hydrogens is 510 g/mol. The van der Waals surface area contributed by atoms with Gasteiger partial charge in [-0.3, -0.25) is 14.4 Å². The lowest BCUT2D eigenvalue weighted by molar-refractivity contribution is -0.188. The number of cyclic esters (lactones) is 1. The van der Waals surface area contributed by atoms with Crippen molar-refractivity contribution in [2.75, 3.05) is 5.32 Å². The van der Waals surface area contributed by atoms with Gasteiger partial charge < -0.3 is 10.1 Å². The van der Waals surface area contributed by atoms with Crippen LogP contribution >= 0.6 is 0 Å². The molecular formula is C36H49NO4. The van der Waals surface area contributed by atoms with Gasteiger partial charge in [0.2, 0.25) is 5.91 Å². The number of fused-ring (bicyclic) bond motifs is 7. The molecule has 4 fully saturated rings. The van der Waals surface area contributed by atoms with E-state index in [1.165, 1.54) is 5.57 Å². The van der Waals surface area contributed by atoms with Crippen LogP contribution in [0.1, 0.15) is 106 Å². The molecule has 0 spiro atoms. The third kappa shape index (κ3) is 4.03. The minimum atomic E-state index is -0.586. The number of hydrogen-bond donors (Lipinski definition) is 1. The van der Waals surface area contributed by atoms with Crippen LogP contribution < -0.4 is 5.32 Å². The summed E-state index contributed by atoms with van der Waals surface area (Å²) in [6.45, 7) is 15.7. The zero-order valence-electron chi connectivity index (χ0n) is 26.2. The van der Waals surface area contributed by atoms with E-state index in [1.54, 1.807) is 0 Å². The van der Waals surface area contributed by atoms with Crippen molar-refractivity contribution >= 4 is 23.3 Å². The first-order chi connectivity index (χ1) is 19.1. The van der Waals surface area contributed by atoms with Crippen molar-refractivity contribution < 1.29 is 19.1 Å². The Kier molecular flexibility index (Phi) is 6.32. The van der Waals surface area contributed by atoms with Crippen molar-refractivity contribution in [3.63, 3.8) is 0 Å². The fourth-order valence-electron chi connectivity index (χ4n) is 10.8. The Labute approximate surface area is 246 Å². The second-order valence-electron chi connectivity index (χ2n) is 16.2. The molecule has 1 aromatic rings. The number of ketones is 1. The molecule has 0 bridgehead atoms. The first kappa shape index (κ1) is 28.7. The van der Waals surface area contributed by atoms with Gasteiger partial charge >= 0.3 is 5.97 Å². The van der Waals surface area contributed by atoms with Crippen molar-refractivity contribution in [2.24, 2.45) is 44.8 Å². The van der Waals surface area contributed by atoms with Crippen LogP contribution in [0.5, 0.6) is 0 Å². The molecule has 8 atom stereocenters. The fourth-order valence-corrected chi connectivity index (χ4v) is 10.8. The number of nitrogens with one attached hydrogen (secondary N) is 1. The summed E-state index contributed by atoms with van der Waals surface area (Å²) in [7, 11) is 0. The van der Waals surface area contributed by atoms with Crippen molar-refractivity contribution in [1.29, 1.82) is 0 Å². The Bertz CT molecular complexity index is 1320. The lowest BCUT2D eigenvalue weighted by atomic mass is 9.35. The number of ether oxygens (including phenoxy) is 1. The average Bonchev–Trinajstić information content (AvgIpc) is 2.99. The monoisotopic (exact) mass is 559 g/mol. The molecule has 3 saturated carbocycles. The summed E-state index contributed by atoms with van der Waals surface area (Å²) >= 11 is 0. The summed E-state index contributed by atoms with van der Waals surface area (Å²) in [5.41, 5.74) is 0.514. The van der Waals surface area contributed by atoms with Crippen molar-refractivity contribution in [1.82, 2.24) is 0 Å². The molecule has 5 heteroatoms. The van der Waals surface area contributed by atoms with Crippen LogP contribution in [0.15, 0.2) is 42.0 Å². The van der Waals surface area contributed by atoms with Gasteiger partial charge in [0.05, 0.1) is 0 Å².